The molecule has 0 spiro atoms. The van der Waals surface area contributed by atoms with Crippen LogP contribution in [-0.4, -0.2) is 40.3 Å². The molecule has 4 rings (SSSR count). The average molecular weight is 486 g/mol. The third-order valence-electron chi connectivity index (χ3n) is 4.84. The van der Waals surface area contributed by atoms with E-state index in [4.69, 9.17) is 21.3 Å². The Kier molecular flexibility index (Phi) is 6.83. The number of aromatic nitrogens is 2. The summed E-state index contributed by atoms with van der Waals surface area (Å²) in [5.74, 6) is 0.607. The number of nitrogens with zero attached hydrogens (tertiary/aromatic N) is 3. The van der Waals surface area contributed by atoms with Gasteiger partial charge in [0.25, 0.3) is 5.56 Å². The maximum Gasteiger partial charge on any atom is 0.266 e. The third kappa shape index (κ3) is 4.67. The van der Waals surface area contributed by atoms with Gasteiger partial charge in [-0.15, -0.1) is 11.3 Å². The van der Waals surface area contributed by atoms with Gasteiger partial charge in [0.15, 0.2) is 5.16 Å². The number of rotatable bonds is 7. The highest BCUT2D eigenvalue weighted by Gasteiger charge is 2.18. The van der Waals surface area contributed by atoms with E-state index in [9.17, 15) is 9.59 Å². The van der Waals surface area contributed by atoms with Crippen LogP contribution in [-0.2, 0) is 11.3 Å². The molecule has 0 saturated carbocycles. The van der Waals surface area contributed by atoms with E-state index in [2.05, 4.69) is 0 Å². The first-order chi connectivity index (χ1) is 15.5. The van der Waals surface area contributed by atoms with Crippen LogP contribution in [0.25, 0.3) is 16.6 Å². The van der Waals surface area contributed by atoms with Crippen LogP contribution in [0.5, 0.6) is 5.75 Å². The zero-order chi connectivity index (χ0) is 22.7. The Hall–Kier alpha value is -2.81. The summed E-state index contributed by atoms with van der Waals surface area (Å²) in [4.78, 5) is 33.5. The van der Waals surface area contributed by atoms with E-state index in [1.54, 1.807) is 49.4 Å². The van der Waals surface area contributed by atoms with Crippen molar-refractivity contribution in [3.05, 3.63) is 80.2 Å². The quantitative estimate of drug-likeness (QED) is 0.276. The van der Waals surface area contributed by atoms with Gasteiger partial charge in [-0.3, -0.25) is 14.2 Å². The lowest BCUT2D eigenvalue weighted by Crippen LogP contribution is -2.28. The monoisotopic (exact) mass is 485 g/mol. The molecule has 2 heterocycles. The Balaban J connectivity index is 1.67. The number of methoxy groups -OCH3 is 1. The van der Waals surface area contributed by atoms with Gasteiger partial charge in [-0.25, -0.2) is 4.98 Å². The summed E-state index contributed by atoms with van der Waals surface area (Å²) in [6.07, 6.45) is 0. The molecular weight excluding hydrogens is 466 g/mol. The number of hydrogen-bond acceptors (Lipinski definition) is 6. The third-order valence-corrected chi connectivity index (χ3v) is 6.98. The van der Waals surface area contributed by atoms with Crippen molar-refractivity contribution in [1.29, 1.82) is 0 Å². The van der Waals surface area contributed by atoms with Gasteiger partial charge in [-0.1, -0.05) is 47.6 Å². The summed E-state index contributed by atoms with van der Waals surface area (Å²) in [7, 11) is 3.30. The van der Waals surface area contributed by atoms with Gasteiger partial charge in [0.1, 0.15) is 5.75 Å². The highest BCUT2D eigenvalue weighted by molar-refractivity contribution is 7.99. The maximum atomic E-state index is 13.4. The van der Waals surface area contributed by atoms with Gasteiger partial charge in [-0.05, 0) is 36.4 Å². The van der Waals surface area contributed by atoms with E-state index in [-0.39, 0.29) is 17.2 Å². The Bertz CT molecular complexity index is 1340. The van der Waals surface area contributed by atoms with Crippen molar-refractivity contribution in [2.45, 2.75) is 11.7 Å². The van der Waals surface area contributed by atoms with Gasteiger partial charge in [0.2, 0.25) is 5.91 Å². The van der Waals surface area contributed by atoms with Gasteiger partial charge >= 0.3 is 0 Å². The zero-order valence-electron chi connectivity index (χ0n) is 17.4. The molecule has 0 aliphatic rings. The lowest BCUT2D eigenvalue weighted by Gasteiger charge is -2.18. The SMILES string of the molecule is COc1ccccc1-n1c(SCC(=O)N(C)Cc2ccc(Cl)s2)nc2ccccc2c1=O. The fourth-order valence-electron chi connectivity index (χ4n) is 3.23. The average Bonchev–Trinajstić information content (AvgIpc) is 3.22. The highest BCUT2D eigenvalue weighted by Crippen LogP contribution is 2.27. The largest absolute Gasteiger partial charge is 0.495 e. The molecule has 6 nitrogen and oxygen atoms in total. The van der Waals surface area contributed by atoms with E-state index in [0.29, 0.717) is 38.4 Å². The van der Waals surface area contributed by atoms with Crippen LogP contribution >= 0.6 is 34.7 Å². The van der Waals surface area contributed by atoms with Crippen molar-refractivity contribution in [3.8, 4) is 11.4 Å². The number of halogens is 1. The number of thiophene rings is 1. The molecule has 164 valence electrons. The molecule has 4 aromatic rings. The van der Waals surface area contributed by atoms with Crippen molar-refractivity contribution < 1.29 is 9.53 Å². The van der Waals surface area contributed by atoms with Crippen molar-refractivity contribution in [2.24, 2.45) is 0 Å². The van der Waals surface area contributed by atoms with Crippen molar-refractivity contribution in [2.75, 3.05) is 19.9 Å². The van der Waals surface area contributed by atoms with Crippen molar-refractivity contribution >= 4 is 51.5 Å². The number of carbonyl (C=O) groups excluding carboxylic acids is 1. The Morgan fingerprint density at radius 3 is 2.66 bits per heavy atom. The Morgan fingerprint density at radius 1 is 1.16 bits per heavy atom. The molecule has 0 aliphatic carbocycles. The summed E-state index contributed by atoms with van der Waals surface area (Å²) in [5, 5.41) is 0.930. The first-order valence-electron chi connectivity index (χ1n) is 9.74. The molecule has 1 amide bonds. The number of amides is 1. The minimum Gasteiger partial charge on any atom is -0.495 e. The van der Waals surface area contributed by atoms with Gasteiger partial charge in [0, 0.05) is 11.9 Å². The normalized spacial score (nSPS) is 11.0. The van der Waals surface area contributed by atoms with Crippen LogP contribution in [0.1, 0.15) is 4.88 Å². The number of carbonyl (C=O) groups is 1. The lowest BCUT2D eigenvalue weighted by molar-refractivity contribution is -0.127. The fraction of sp³-hybridized carbons (Fsp3) is 0.174. The second-order valence-corrected chi connectivity index (χ2v) is 9.71. The first-order valence-corrected chi connectivity index (χ1v) is 11.9. The Labute approximate surface area is 198 Å². The molecule has 0 unspecified atom stereocenters. The van der Waals surface area contributed by atoms with Crippen LogP contribution in [0, 0.1) is 0 Å². The second kappa shape index (κ2) is 9.77. The molecule has 2 aromatic heterocycles. The molecule has 0 bridgehead atoms. The number of benzene rings is 2. The predicted octanol–water partition coefficient (Wildman–Crippen LogP) is 4.86. The molecule has 0 saturated heterocycles. The number of para-hydroxylation sites is 3. The van der Waals surface area contributed by atoms with Gasteiger partial charge in [-0.2, -0.15) is 0 Å². The van der Waals surface area contributed by atoms with Crippen LogP contribution in [0.4, 0.5) is 0 Å². The van der Waals surface area contributed by atoms with Crippen LogP contribution in [0.15, 0.2) is 70.6 Å². The summed E-state index contributed by atoms with van der Waals surface area (Å²) in [6, 6.07) is 18.2. The molecule has 0 atom stereocenters. The van der Waals surface area contributed by atoms with Crippen LogP contribution < -0.4 is 10.3 Å². The molecule has 9 heteroatoms. The molecule has 0 radical (unpaired) electrons. The number of hydrogen-bond donors (Lipinski definition) is 0. The second-order valence-electron chi connectivity index (χ2n) is 6.97. The maximum absolute atomic E-state index is 13.4. The highest BCUT2D eigenvalue weighted by atomic mass is 35.5. The predicted molar refractivity (Wildman–Crippen MR) is 130 cm³/mol. The van der Waals surface area contributed by atoms with Crippen molar-refractivity contribution in [1.82, 2.24) is 14.5 Å². The summed E-state index contributed by atoms with van der Waals surface area (Å²) < 4.78 is 7.68. The zero-order valence-corrected chi connectivity index (χ0v) is 19.8. The van der Waals surface area contributed by atoms with Crippen molar-refractivity contribution in [3.63, 3.8) is 0 Å². The van der Waals surface area contributed by atoms with E-state index in [0.717, 1.165) is 4.88 Å². The lowest BCUT2D eigenvalue weighted by atomic mass is 10.2. The Morgan fingerprint density at radius 2 is 1.91 bits per heavy atom. The molecule has 0 fully saturated rings. The molecule has 0 aliphatic heterocycles. The van der Waals surface area contributed by atoms with E-state index in [1.807, 2.05) is 30.3 Å². The van der Waals surface area contributed by atoms with Gasteiger partial charge < -0.3 is 9.64 Å². The number of thioether (sulfide) groups is 1. The molecule has 0 N–H and O–H groups in total. The fourth-order valence-corrected chi connectivity index (χ4v) is 5.32. The van der Waals surface area contributed by atoms with E-state index < -0.39 is 0 Å². The van der Waals surface area contributed by atoms with Crippen LogP contribution in [0.3, 0.4) is 0 Å². The summed E-state index contributed by atoms with van der Waals surface area (Å²) in [6.45, 7) is 0.473. The molecular formula is C23H20ClN3O3S2. The topological polar surface area (TPSA) is 64.4 Å². The van der Waals surface area contributed by atoms with E-state index in [1.165, 1.54) is 27.7 Å². The molecule has 32 heavy (non-hydrogen) atoms. The minimum absolute atomic E-state index is 0.0755. The summed E-state index contributed by atoms with van der Waals surface area (Å²) >= 11 is 8.66. The first kappa shape index (κ1) is 22.4. The number of fused-ring (bicyclic) bond motifs is 1. The smallest absolute Gasteiger partial charge is 0.266 e. The summed E-state index contributed by atoms with van der Waals surface area (Å²) in [5.41, 5.74) is 0.951. The van der Waals surface area contributed by atoms with Gasteiger partial charge in [0.05, 0.1) is 40.3 Å². The minimum atomic E-state index is -0.211. The standard InChI is InChI=1S/C23H20ClN3O3S2/c1-26(13-15-11-12-20(24)32-15)21(28)14-31-23-25-17-8-4-3-7-16(17)22(29)27(23)18-9-5-6-10-19(18)30-2/h3-12H,13-14H2,1-2H3. The molecule has 2 aromatic carbocycles. The van der Waals surface area contributed by atoms with Crippen LogP contribution in [0.2, 0.25) is 4.34 Å². The number of ether oxygens (including phenoxy) is 1. The van der Waals surface area contributed by atoms with E-state index >= 15 is 0 Å².